The second-order valence-corrected chi connectivity index (χ2v) is 8.78. The van der Waals surface area contributed by atoms with E-state index in [2.05, 4.69) is 36.0 Å². The van der Waals surface area contributed by atoms with Crippen LogP contribution < -0.4 is 10.6 Å². The van der Waals surface area contributed by atoms with Crippen LogP contribution in [-0.4, -0.2) is 65.4 Å². The molecule has 2 rings (SSSR count). The van der Waals surface area contributed by atoms with Gasteiger partial charge in [-0.2, -0.15) is 0 Å². The summed E-state index contributed by atoms with van der Waals surface area (Å²) in [7, 11) is 0. The van der Waals surface area contributed by atoms with Crippen LogP contribution in [0.2, 0.25) is 0 Å². The minimum Gasteiger partial charge on any atom is -0.356 e. The third kappa shape index (κ3) is 8.61. The van der Waals surface area contributed by atoms with Gasteiger partial charge in [-0.3, -0.25) is 19.3 Å². The van der Waals surface area contributed by atoms with Crippen molar-refractivity contribution >= 4 is 23.7 Å². The monoisotopic (exact) mass is 450 g/mol. The van der Waals surface area contributed by atoms with E-state index in [4.69, 9.17) is 4.84 Å². The van der Waals surface area contributed by atoms with Crippen molar-refractivity contribution in [2.45, 2.75) is 90.1 Å². The molecule has 2 atom stereocenters. The maximum atomic E-state index is 12.2. The summed E-state index contributed by atoms with van der Waals surface area (Å²) in [5.41, 5.74) is 0.512. The van der Waals surface area contributed by atoms with Gasteiger partial charge in [-0.1, -0.05) is 19.4 Å². The number of nitrogens with zero attached hydrogens (tertiary/aromatic N) is 2. The number of hydroxylamine groups is 2. The molecule has 0 saturated carbocycles. The lowest BCUT2D eigenvalue weighted by atomic mass is 9.97. The zero-order chi connectivity index (χ0) is 23.5. The Morgan fingerprint density at radius 1 is 0.969 bits per heavy atom. The Kier molecular flexibility index (Phi) is 10.7. The molecule has 2 fully saturated rings. The fraction of sp³-hybridized carbons (Fsp3) is 0.739. The van der Waals surface area contributed by atoms with Gasteiger partial charge in [0.25, 0.3) is 5.91 Å². The number of amides is 3. The molecule has 3 amide bonds. The van der Waals surface area contributed by atoms with Crippen molar-refractivity contribution in [2.24, 2.45) is 0 Å². The van der Waals surface area contributed by atoms with E-state index in [1.807, 2.05) is 0 Å². The Balaban J connectivity index is 1.46. The zero-order valence-corrected chi connectivity index (χ0v) is 19.5. The molecule has 0 aromatic carbocycles. The van der Waals surface area contributed by atoms with E-state index >= 15 is 0 Å². The average molecular weight is 451 g/mol. The van der Waals surface area contributed by atoms with E-state index in [-0.39, 0.29) is 30.6 Å². The SMILES string of the molecule is C=C1CCC(=O)N1OC(=O)CCCCCNC(=O)CCNC(=O)CN1C(C)CCCC1C. The van der Waals surface area contributed by atoms with Crippen molar-refractivity contribution in [1.82, 2.24) is 20.6 Å². The number of carbonyl (C=O) groups is 4. The van der Waals surface area contributed by atoms with Gasteiger partial charge in [0.05, 0.1) is 12.2 Å². The number of rotatable bonds is 12. The topological polar surface area (TPSA) is 108 Å². The number of carbonyl (C=O) groups excluding carboxylic acids is 4. The Morgan fingerprint density at radius 2 is 1.66 bits per heavy atom. The van der Waals surface area contributed by atoms with Gasteiger partial charge in [0.2, 0.25) is 11.8 Å². The second kappa shape index (κ2) is 13.2. The first kappa shape index (κ1) is 25.8. The highest BCUT2D eigenvalue weighted by atomic mass is 16.7. The van der Waals surface area contributed by atoms with E-state index in [0.29, 0.717) is 56.7 Å². The minimum atomic E-state index is -0.450. The number of unbranched alkanes of at least 4 members (excludes halogenated alkanes) is 2. The molecule has 2 heterocycles. The van der Waals surface area contributed by atoms with E-state index in [1.165, 1.54) is 6.42 Å². The van der Waals surface area contributed by atoms with Crippen molar-refractivity contribution in [3.05, 3.63) is 12.3 Å². The second-order valence-electron chi connectivity index (χ2n) is 8.78. The minimum absolute atomic E-state index is 0.0375. The highest BCUT2D eigenvalue weighted by Gasteiger charge is 2.28. The smallest absolute Gasteiger partial charge is 0.333 e. The molecule has 32 heavy (non-hydrogen) atoms. The molecule has 9 heteroatoms. The highest BCUT2D eigenvalue weighted by molar-refractivity contribution is 5.82. The van der Waals surface area contributed by atoms with E-state index in [9.17, 15) is 19.2 Å². The molecule has 0 aromatic rings. The predicted molar refractivity (Wildman–Crippen MR) is 120 cm³/mol. The maximum Gasteiger partial charge on any atom is 0.333 e. The first-order chi connectivity index (χ1) is 15.3. The zero-order valence-electron chi connectivity index (χ0n) is 19.5. The molecule has 180 valence electrons. The maximum absolute atomic E-state index is 12.2. The summed E-state index contributed by atoms with van der Waals surface area (Å²) in [4.78, 5) is 54.7. The summed E-state index contributed by atoms with van der Waals surface area (Å²) in [6.45, 7) is 9.25. The van der Waals surface area contributed by atoms with Crippen LogP contribution in [0.4, 0.5) is 0 Å². The molecule has 2 aliphatic rings. The number of hydrogen-bond donors (Lipinski definition) is 2. The van der Waals surface area contributed by atoms with Crippen LogP contribution in [0.1, 0.15) is 78.1 Å². The van der Waals surface area contributed by atoms with Crippen molar-refractivity contribution < 1.29 is 24.0 Å². The third-order valence-corrected chi connectivity index (χ3v) is 6.09. The van der Waals surface area contributed by atoms with Crippen LogP contribution in [-0.2, 0) is 24.0 Å². The van der Waals surface area contributed by atoms with Crippen LogP contribution in [0.5, 0.6) is 0 Å². The van der Waals surface area contributed by atoms with Gasteiger partial charge < -0.3 is 15.5 Å². The molecular formula is C23H38N4O5. The summed E-state index contributed by atoms with van der Waals surface area (Å²) >= 11 is 0. The van der Waals surface area contributed by atoms with Crippen LogP contribution in [0.3, 0.4) is 0 Å². The summed E-state index contributed by atoms with van der Waals surface area (Å²) < 4.78 is 0. The Hall–Kier alpha value is -2.42. The van der Waals surface area contributed by atoms with Crippen molar-refractivity contribution in [2.75, 3.05) is 19.6 Å². The predicted octanol–water partition coefficient (Wildman–Crippen LogP) is 2.03. The van der Waals surface area contributed by atoms with Crippen molar-refractivity contribution in [3.63, 3.8) is 0 Å². The summed E-state index contributed by atoms with van der Waals surface area (Å²) in [6, 6.07) is 0.827. The van der Waals surface area contributed by atoms with E-state index in [0.717, 1.165) is 30.7 Å². The largest absolute Gasteiger partial charge is 0.356 e. The quantitative estimate of drug-likeness (QED) is 0.441. The first-order valence-electron chi connectivity index (χ1n) is 11.8. The molecule has 0 bridgehead atoms. The molecule has 2 unspecified atom stereocenters. The normalized spacial score (nSPS) is 21.5. The molecule has 2 aliphatic heterocycles. The fourth-order valence-electron chi connectivity index (χ4n) is 4.10. The molecule has 0 aliphatic carbocycles. The Labute approximate surface area is 190 Å². The van der Waals surface area contributed by atoms with Gasteiger partial charge >= 0.3 is 5.97 Å². The molecular weight excluding hydrogens is 412 g/mol. The number of likely N-dealkylation sites (tertiary alicyclic amines) is 1. The highest BCUT2D eigenvalue weighted by Crippen LogP contribution is 2.22. The van der Waals surface area contributed by atoms with Crippen LogP contribution in [0.15, 0.2) is 12.3 Å². The molecule has 0 spiro atoms. The van der Waals surface area contributed by atoms with Gasteiger partial charge in [0, 0.05) is 44.4 Å². The average Bonchev–Trinajstić information content (AvgIpc) is 3.05. The van der Waals surface area contributed by atoms with Gasteiger partial charge in [0.1, 0.15) is 0 Å². The van der Waals surface area contributed by atoms with Crippen LogP contribution >= 0.6 is 0 Å². The lowest BCUT2D eigenvalue weighted by Crippen LogP contribution is -2.49. The van der Waals surface area contributed by atoms with Crippen LogP contribution in [0, 0.1) is 0 Å². The van der Waals surface area contributed by atoms with E-state index < -0.39 is 5.97 Å². The molecule has 2 N–H and O–H groups in total. The van der Waals surface area contributed by atoms with Crippen LogP contribution in [0.25, 0.3) is 0 Å². The molecule has 2 saturated heterocycles. The van der Waals surface area contributed by atoms with Crippen molar-refractivity contribution in [1.29, 1.82) is 0 Å². The number of allylic oxidation sites excluding steroid dienone is 1. The van der Waals surface area contributed by atoms with Gasteiger partial charge in [-0.15, -0.1) is 5.06 Å². The molecule has 0 radical (unpaired) electrons. The third-order valence-electron chi connectivity index (χ3n) is 6.09. The summed E-state index contributed by atoms with van der Waals surface area (Å²) in [5.74, 6) is -0.827. The Bertz CT molecular complexity index is 670. The van der Waals surface area contributed by atoms with Gasteiger partial charge in [-0.25, -0.2) is 4.79 Å². The summed E-state index contributed by atoms with van der Waals surface area (Å²) in [6.07, 6.45) is 6.87. The fourth-order valence-corrected chi connectivity index (χ4v) is 4.10. The molecule has 9 nitrogen and oxygen atoms in total. The number of nitrogens with one attached hydrogen (secondary N) is 2. The van der Waals surface area contributed by atoms with Gasteiger partial charge in [0.15, 0.2) is 0 Å². The number of piperidine rings is 1. The lowest BCUT2D eigenvalue weighted by Gasteiger charge is -2.38. The Morgan fingerprint density at radius 3 is 2.31 bits per heavy atom. The standard InChI is InChI=1S/C23H38N4O5/c1-17-8-7-9-18(2)26(17)16-21(29)25-15-13-20(28)24-14-6-4-5-10-23(31)32-27-19(3)11-12-22(27)30/h17-18H,3-16H2,1-2H3,(H,24,28)(H,25,29). The first-order valence-corrected chi connectivity index (χ1v) is 11.8. The van der Waals surface area contributed by atoms with E-state index in [1.54, 1.807) is 0 Å². The number of hydrogen-bond acceptors (Lipinski definition) is 6. The lowest BCUT2D eigenvalue weighted by molar-refractivity contribution is -0.186. The van der Waals surface area contributed by atoms with Gasteiger partial charge in [-0.05, 0) is 46.0 Å². The van der Waals surface area contributed by atoms with Crippen molar-refractivity contribution in [3.8, 4) is 0 Å². The summed E-state index contributed by atoms with van der Waals surface area (Å²) in [5, 5.41) is 6.66. The molecule has 0 aromatic heterocycles.